The van der Waals surface area contributed by atoms with Gasteiger partial charge in [0.2, 0.25) is 0 Å². The Morgan fingerprint density at radius 2 is 2.18 bits per heavy atom. The minimum absolute atomic E-state index is 0.123. The molecule has 1 aromatic carbocycles. The van der Waals surface area contributed by atoms with Gasteiger partial charge in [-0.05, 0) is 23.8 Å². The largest absolute Gasteiger partial charge is 0.481 e. The van der Waals surface area contributed by atoms with E-state index in [-0.39, 0.29) is 11.3 Å². The number of carboxylic acid groups (broad SMARTS) is 1. The van der Waals surface area contributed by atoms with Gasteiger partial charge < -0.3 is 10.4 Å². The van der Waals surface area contributed by atoms with Crippen molar-refractivity contribution in [2.24, 2.45) is 11.3 Å². The van der Waals surface area contributed by atoms with Crippen molar-refractivity contribution >= 4 is 5.97 Å². The van der Waals surface area contributed by atoms with Crippen LogP contribution >= 0.6 is 0 Å². The molecule has 2 rings (SSSR count). The average molecular weight is 233 g/mol. The first-order valence-corrected chi connectivity index (χ1v) is 6.09. The topological polar surface area (TPSA) is 49.3 Å². The average Bonchev–Trinajstić information content (AvgIpc) is 2.71. The molecular formula is C14H19NO2. The van der Waals surface area contributed by atoms with Crippen LogP contribution in [-0.4, -0.2) is 24.2 Å². The van der Waals surface area contributed by atoms with Crippen molar-refractivity contribution in [3.8, 4) is 0 Å². The van der Waals surface area contributed by atoms with Crippen molar-refractivity contribution < 1.29 is 9.90 Å². The summed E-state index contributed by atoms with van der Waals surface area (Å²) in [6, 6.07) is 10.3. The summed E-state index contributed by atoms with van der Waals surface area (Å²) >= 11 is 0. The van der Waals surface area contributed by atoms with Crippen LogP contribution in [0.15, 0.2) is 30.3 Å². The molecule has 1 aliphatic heterocycles. The summed E-state index contributed by atoms with van der Waals surface area (Å²) in [6.45, 7) is 3.48. The van der Waals surface area contributed by atoms with Gasteiger partial charge >= 0.3 is 5.97 Å². The van der Waals surface area contributed by atoms with Crippen LogP contribution in [0.25, 0.3) is 0 Å². The Kier molecular flexibility index (Phi) is 3.48. The number of hydrogen-bond donors (Lipinski definition) is 2. The number of aryl methyl sites for hydroxylation is 1. The molecule has 0 spiro atoms. The molecule has 0 amide bonds. The maximum Gasteiger partial charge on any atom is 0.308 e. The van der Waals surface area contributed by atoms with Gasteiger partial charge in [-0.2, -0.15) is 0 Å². The monoisotopic (exact) mass is 233 g/mol. The van der Waals surface area contributed by atoms with E-state index in [4.69, 9.17) is 0 Å². The Balaban J connectivity index is 2.00. The molecule has 0 aromatic heterocycles. The van der Waals surface area contributed by atoms with Crippen LogP contribution < -0.4 is 5.32 Å². The third kappa shape index (κ3) is 2.67. The highest BCUT2D eigenvalue weighted by atomic mass is 16.4. The molecule has 2 unspecified atom stereocenters. The molecule has 92 valence electrons. The van der Waals surface area contributed by atoms with E-state index in [2.05, 4.69) is 24.4 Å². The lowest BCUT2D eigenvalue weighted by Crippen LogP contribution is -2.32. The molecule has 1 fully saturated rings. The van der Waals surface area contributed by atoms with Crippen LogP contribution in [-0.2, 0) is 11.2 Å². The van der Waals surface area contributed by atoms with Gasteiger partial charge in [0.05, 0.1) is 5.92 Å². The minimum atomic E-state index is -0.675. The normalized spacial score (nSPS) is 28.2. The van der Waals surface area contributed by atoms with Crippen molar-refractivity contribution in [1.82, 2.24) is 5.32 Å². The van der Waals surface area contributed by atoms with E-state index in [1.165, 1.54) is 5.56 Å². The summed E-state index contributed by atoms with van der Waals surface area (Å²) in [7, 11) is 0. The number of carboxylic acids is 1. The van der Waals surface area contributed by atoms with E-state index in [1.807, 2.05) is 18.2 Å². The van der Waals surface area contributed by atoms with Crippen LogP contribution in [0.3, 0.4) is 0 Å². The molecular weight excluding hydrogens is 214 g/mol. The zero-order valence-corrected chi connectivity index (χ0v) is 10.1. The first-order chi connectivity index (χ1) is 8.12. The fourth-order valence-corrected chi connectivity index (χ4v) is 2.59. The molecule has 1 saturated heterocycles. The molecule has 3 nitrogen and oxygen atoms in total. The first kappa shape index (κ1) is 12.1. The zero-order chi connectivity index (χ0) is 12.3. The maximum absolute atomic E-state index is 11.2. The highest BCUT2D eigenvalue weighted by Crippen LogP contribution is 2.35. The highest BCUT2D eigenvalue weighted by Gasteiger charge is 2.42. The molecule has 0 bridgehead atoms. The predicted molar refractivity (Wildman–Crippen MR) is 66.9 cm³/mol. The van der Waals surface area contributed by atoms with E-state index in [0.29, 0.717) is 6.54 Å². The lowest BCUT2D eigenvalue weighted by Gasteiger charge is -2.27. The van der Waals surface area contributed by atoms with Gasteiger partial charge in [0, 0.05) is 13.1 Å². The molecule has 2 atom stereocenters. The summed E-state index contributed by atoms with van der Waals surface area (Å²) in [5.74, 6) is -0.934. The van der Waals surface area contributed by atoms with Crippen LogP contribution in [0, 0.1) is 11.3 Å². The summed E-state index contributed by atoms with van der Waals surface area (Å²) < 4.78 is 0. The number of rotatable bonds is 4. The molecule has 1 aromatic rings. The SMILES string of the molecule is CC1(CCc2ccccc2)CNCC1C(=O)O. The number of nitrogens with one attached hydrogen (secondary N) is 1. The summed E-state index contributed by atoms with van der Waals surface area (Å²) in [5.41, 5.74) is 1.16. The Morgan fingerprint density at radius 1 is 1.47 bits per heavy atom. The van der Waals surface area contributed by atoms with Crippen molar-refractivity contribution in [2.45, 2.75) is 19.8 Å². The number of benzene rings is 1. The van der Waals surface area contributed by atoms with Crippen LogP contribution in [0.5, 0.6) is 0 Å². The second-order valence-corrected chi connectivity index (χ2v) is 5.16. The highest BCUT2D eigenvalue weighted by molar-refractivity contribution is 5.71. The Bertz CT molecular complexity index is 390. The molecule has 0 aliphatic carbocycles. The third-order valence-corrected chi connectivity index (χ3v) is 3.84. The molecule has 1 aliphatic rings. The Morgan fingerprint density at radius 3 is 2.82 bits per heavy atom. The van der Waals surface area contributed by atoms with Crippen molar-refractivity contribution in [1.29, 1.82) is 0 Å². The molecule has 0 saturated carbocycles. The van der Waals surface area contributed by atoms with Crippen molar-refractivity contribution in [3.05, 3.63) is 35.9 Å². The summed E-state index contributed by atoms with van der Waals surface area (Å²) in [4.78, 5) is 11.2. The van der Waals surface area contributed by atoms with Gasteiger partial charge in [0.1, 0.15) is 0 Å². The lowest BCUT2D eigenvalue weighted by atomic mass is 9.75. The number of carbonyl (C=O) groups is 1. The zero-order valence-electron chi connectivity index (χ0n) is 10.1. The summed E-state index contributed by atoms with van der Waals surface area (Å²) in [5, 5.41) is 12.4. The van der Waals surface area contributed by atoms with Gasteiger partial charge in [-0.3, -0.25) is 4.79 Å². The molecule has 17 heavy (non-hydrogen) atoms. The van der Waals surface area contributed by atoms with Crippen molar-refractivity contribution in [2.75, 3.05) is 13.1 Å². The smallest absolute Gasteiger partial charge is 0.308 e. The Hall–Kier alpha value is -1.35. The molecule has 2 N–H and O–H groups in total. The van der Waals surface area contributed by atoms with Gasteiger partial charge in [0.25, 0.3) is 0 Å². The summed E-state index contributed by atoms with van der Waals surface area (Å²) in [6.07, 6.45) is 1.86. The van der Waals surface area contributed by atoms with Gasteiger partial charge in [-0.15, -0.1) is 0 Å². The minimum Gasteiger partial charge on any atom is -0.481 e. The van der Waals surface area contributed by atoms with Crippen LogP contribution in [0.1, 0.15) is 18.9 Å². The number of aliphatic carboxylic acids is 1. The van der Waals surface area contributed by atoms with E-state index in [0.717, 1.165) is 19.4 Å². The van der Waals surface area contributed by atoms with E-state index in [9.17, 15) is 9.90 Å². The predicted octanol–water partition coefficient (Wildman–Crippen LogP) is 1.93. The maximum atomic E-state index is 11.2. The second-order valence-electron chi connectivity index (χ2n) is 5.16. The molecule has 3 heteroatoms. The lowest BCUT2D eigenvalue weighted by molar-refractivity contribution is -0.144. The molecule has 1 heterocycles. The Labute approximate surface area is 102 Å². The quantitative estimate of drug-likeness (QED) is 0.835. The van der Waals surface area contributed by atoms with Gasteiger partial charge in [-0.25, -0.2) is 0 Å². The second kappa shape index (κ2) is 4.88. The third-order valence-electron chi connectivity index (χ3n) is 3.84. The van der Waals surface area contributed by atoms with Gasteiger partial charge in [-0.1, -0.05) is 37.3 Å². The van der Waals surface area contributed by atoms with Crippen LogP contribution in [0.4, 0.5) is 0 Å². The van der Waals surface area contributed by atoms with Gasteiger partial charge in [0.15, 0.2) is 0 Å². The van der Waals surface area contributed by atoms with Crippen LogP contribution in [0.2, 0.25) is 0 Å². The fraction of sp³-hybridized carbons (Fsp3) is 0.500. The van der Waals surface area contributed by atoms with E-state index >= 15 is 0 Å². The standard InChI is InChI=1S/C14H19NO2/c1-14(10-15-9-12(14)13(16)17)8-7-11-5-3-2-4-6-11/h2-6,12,15H,7-10H2,1H3,(H,16,17). The van der Waals surface area contributed by atoms with E-state index in [1.54, 1.807) is 0 Å². The van der Waals surface area contributed by atoms with E-state index < -0.39 is 5.97 Å². The molecule has 0 radical (unpaired) electrons. The number of hydrogen-bond acceptors (Lipinski definition) is 2. The first-order valence-electron chi connectivity index (χ1n) is 6.09. The van der Waals surface area contributed by atoms with Crippen molar-refractivity contribution in [3.63, 3.8) is 0 Å². The fourth-order valence-electron chi connectivity index (χ4n) is 2.59.